The van der Waals surface area contributed by atoms with Gasteiger partial charge < -0.3 is 0 Å². The van der Waals surface area contributed by atoms with Crippen LogP contribution in [0.2, 0.25) is 10.0 Å². The lowest BCUT2D eigenvalue weighted by molar-refractivity contribution is 1.59. The highest BCUT2D eigenvalue weighted by Gasteiger charge is 1.91. The zero-order valence-corrected chi connectivity index (χ0v) is 14.2. The van der Waals surface area contributed by atoms with Gasteiger partial charge in [0.15, 0.2) is 0 Å². The lowest BCUT2D eigenvalue weighted by atomic mass is 10.1. The van der Waals surface area contributed by atoms with Crippen molar-refractivity contribution in [2.45, 2.75) is 0 Å². The molecule has 0 N–H and O–H groups in total. The van der Waals surface area contributed by atoms with Crippen LogP contribution in [0.15, 0.2) is 72.8 Å². The van der Waals surface area contributed by atoms with Gasteiger partial charge in [0, 0.05) is 32.3 Å². The third-order valence-corrected chi connectivity index (χ3v) is 3.78. The summed E-state index contributed by atoms with van der Waals surface area (Å²) in [5.41, 5.74) is 3.76. The molecule has 0 unspecified atom stereocenters. The van der Waals surface area contributed by atoms with E-state index in [0.717, 1.165) is 22.3 Å². The first-order valence-corrected chi connectivity index (χ1v) is 8.10. The molecule has 0 saturated carbocycles. The fourth-order valence-corrected chi connectivity index (χ4v) is 2.24. The van der Waals surface area contributed by atoms with Crippen molar-refractivity contribution in [3.05, 3.63) is 105 Å². The van der Waals surface area contributed by atoms with E-state index in [9.17, 15) is 0 Å². The minimum absolute atomic E-state index is 0.712. The van der Waals surface area contributed by atoms with Crippen LogP contribution in [0, 0.1) is 23.7 Å². The van der Waals surface area contributed by atoms with E-state index in [2.05, 4.69) is 23.7 Å². The van der Waals surface area contributed by atoms with Gasteiger partial charge in [0.2, 0.25) is 0 Å². The molecule has 2 heteroatoms. The molecule has 0 aromatic heterocycles. The second-order valence-electron chi connectivity index (χ2n) is 5.09. The van der Waals surface area contributed by atoms with Gasteiger partial charge in [-0.25, -0.2) is 0 Å². The van der Waals surface area contributed by atoms with Crippen LogP contribution in [0.3, 0.4) is 0 Å². The molecule has 0 heterocycles. The van der Waals surface area contributed by atoms with Crippen LogP contribution in [-0.2, 0) is 0 Å². The Kier molecular flexibility index (Phi) is 5.25. The van der Waals surface area contributed by atoms with E-state index in [-0.39, 0.29) is 0 Å². The number of rotatable bonds is 0. The van der Waals surface area contributed by atoms with Crippen molar-refractivity contribution in [3.63, 3.8) is 0 Å². The molecule has 0 atom stereocenters. The lowest BCUT2D eigenvalue weighted by Crippen LogP contribution is -1.79. The van der Waals surface area contributed by atoms with Crippen molar-refractivity contribution in [2.75, 3.05) is 0 Å². The summed E-state index contributed by atoms with van der Waals surface area (Å²) in [6, 6.07) is 22.8. The van der Waals surface area contributed by atoms with E-state index in [1.54, 1.807) is 0 Å². The van der Waals surface area contributed by atoms with Crippen LogP contribution < -0.4 is 0 Å². The molecule has 0 fully saturated rings. The lowest BCUT2D eigenvalue weighted by Gasteiger charge is -1.93. The molecule has 24 heavy (non-hydrogen) atoms. The summed E-state index contributed by atoms with van der Waals surface area (Å²) in [5.74, 6) is 12.5. The van der Waals surface area contributed by atoms with E-state index in [4.69, 9.17) is 23.2 Å². The highest BCUT2D eigenvalue weighted by Crippen LogP contribution is 2.10. The Balaban J connectivity index is 1.72. The standard InChI is InChI=1S/C22H12Cl2/c23-21-13-9-19(10-14-21)7-5-17-1-2-18(4-3-17)6-8-20-11-15-22(24)16-12-20/h1-4,9-16H. The molecule has 0 spiro atoms. The van der Waals surface area contributed by atoms with Gasteiger partial charge >= 0.3 is 0 Å². The van der Waals surface area contributed by atoms with E-state index >= 15 is 0 Å². The molecular weight excluding hydrogens is 335 g/mol. The first-order valence-electron chi connectivity index (χ1n) is 7.34. The molecule has 3 aromatic carbocycles. The maximum absolute atomic E-state index is 5.86. The fourth-order valence-electron chi connectivity index (χ4n) is 1.99. The Morgan fingerprint density at radius 2 is 0.583 bits per heavy atom. The van der Waals surface area contributed by atoms with Crippen LogP contribution in [0.25, 0.3) is 0 Å². The van der Waals surface area contributed by atoms with Gasteiger partial charge in [0.05, 0.1) is 0 Å². The van der Waals surface area contributed by atoms with Gasteiger partial charge in [-0.1, -0.05) is 46.9 Å². The highest BCUT2D eigenvalue weighted by atomic mass is 35.5. The van der Waals surface area contributed by atoms with Crippen molar-refractivity contribution in [3.8, 4) is 23.7 Å². The topological polar surface area (TPSA) is 0 Å². The minimum atomic E-state index is 0.712. The third-order valence-electron chi connectivity index (χ3n) is 3.28. The summed E-state index contributed by atoms with van der Waals surface area (Å²) in [6.07, 6.45) is 0. The number of hydrogen-bond acceptors (Lipinski definition) is 0. The maximum atomic E-state index is 5.86. The van der Waals surface area contributed by atoms with Gasteiger partial charge in [0.1, 0.15) is 0 Å². The Hall–Kier alpha value is -2.64. The Morgan fingerprint density at radius 3 is 0.833 bits per heavy atom. The quantitative estimate of drug-likeness (QED) is 0.451. The molecular formula is C22H12Cl2. The van der Waals surface area contributed by atoms with Crippen LogP contribution >= 0.6 is 23.2 Å². The average Bonchev–Trinajstić information content (AvgIpc) is 2.62. The summed E-state index contributed by atoms with van der Waals surface area (Å²) in [5, 5.41) is 1.42. The molecule has 0 bridgehead atoms. The van der Waals surface area contributed by atoms with Gasteiger partial charge in [-0.15, -0.1) is 0 Å². The average molecular weight is 347 g/mol. The minimum Gasteiger partial charge on any atom is -0.0843 e. The van der Waals surface area contributed by atoms with Crippen LogP contribution in [0.5, 0.6) is 0 Å². The van der Waals surface area contributed by atoms with Gasteiger partial charge in [0.25, 0.3) is 0 Å². The second kappa shape index (κ2) is 7.76. The zero-order chi connectivity index (χ0) is 16.8. The van der Waals surface area contributed by atoms with E-state index in [1.807, 2.05) is 72.8 Å². The smallest absolute Gasteiger partial charge is 0.0406 e. The van der Waals surface area contributed by atoms with Crippen molar-refractivity contribution >= 4 is 23.2 Å². The van der Waals surface area contributed by atoms with Crippen molar-refractivity contribution in [1.29, 1.82) is 0 Å². The predicted molar refractivity (Wildman–Crippen MR) is 101 cm³/mol. The largest absolute Gasteiger partial charge is 0.0843 e. The van der Waals surface area contributed by atoms with Gasteiger partial charge in [-0.2, -0.15) is 0 Å². The van der Waals surface area contributed by atoms with E-state index < -0.39 is 0 Å². The molecule has 0 aliphatic heterocycles. The summed E-state index contributed by atoms with van der Waals surface area (Å²) in [6.45, 7) is 0. The van der Waals surface area contributed by atoms with E-state index in [1.165, 1.54) is 0 Å². The Morgan fingerprint density at radius 1 is 0.375 bits per heavy atom. The summed E-state index contributed by atoms with van der Waals surface area (Å²) in [4.78, 5) is 0. The summed E-state index contributed by atoms with van der Waals surface area (Å²) in [7, 11) is 0. The Labute approximate surface area is 152 Å². The summed E-state index contributed by atoms with van der Waals surface area (Å²) < 4.78 is 0. The predicted octanol–water partition coefficient (Wildman–Crippen LogP) is 5.79. The molecule has 0 aliphatic rings. The molecule has 0 radical (unpaired) electrons. The van der Waals surface area contributed by atoms with Crippen LogP contribution in [0.4, 0.5) is 0 Å². The second-order valence-corrected chi connectivity index (χ2v) is 5.96. The third kappa shape index (κ3) is 4.68. The maximum Gasteiger partial charge on any atom is 0.0406 e. The first-order chi connectivity index (χ1) is 11.7. The molecule has 114 valence electrons. The molecule has 3 rings (SSSR count). The summed E-state index contributed by atoms with van der Waals surface area (Å²) >= 11 is 11.7. The molecule has 0 amide bonds. The monoisotopic (exact) mass is 346 g/mol. The van der Waals surface area contributed by atoms with Gasteiger partial charge in [-0.05, 0) is 72.8 Å². The number of benzene rings is 3. The SMILES string of the molecule is Clc1ccc(C#Cc2ccc(C#Cc3ccc(Cl)cc3)cc2)cc1. The van der Waals surface area contributed by atoms with Crippen molar-refractivity contribution in [1.82, 2.24) is 0 Å². The normalized spacial score (nSPS) is 9.42. The van der Waals surface area contributed by atoms with Crippen LogP contribution in [0.1, 0.15) is 22.3 Å². The first kappa shape index (κ1) is 16.2. The molecule has 0 saturated heterocycles. The molecule has 3 aromatic rings. The zero-order valence-electron chi connectivity index (χ0n) is 12.7. The molecule has 0 nitrogen and oxygen atoms in total. The van der Waals surface area contributed by atoms with Gasteiger partial charge in [-0.3, -0.25) is 0 Å². The number of hydrogen-bond donors (Lipinski definition) is 0. The molecule has 0 aliphatic carbocycles. The highest BCUT2D eigenvalue weighted by molar-refractivity contribution is 6.30. The van der Waals surface area contributed by atoms with Crippen molar-refractivity contribution < 1.29 is 0 Å². The Bertz CT molecular complexity index is 861. The van der Waals surface area contributed by atoms with Crippen molar-refractivity contribution in [2.24, 2.45) is 0 Å². The fraction of sp³-hybridized carbons (Fsp3) is 0. The number of halogens is 2. The van der Waals surface area contributed by atoms with Crippen LogP contribution in [-0.4, -0.2) is 0 Å². The van der Waals surface area contributed by atoms with E-state index in [0.29, 0.717) is 10.0 Å².